The lowest BCUT2D eigenvalue weighted by Gasteiger charge is -2.46. The number of pyridine rings is 1. The molecular weight excluding hydrogens is 487 g/mol. The molecule has 0 radical (unpaired) electrons. The van der Waals surface area contributed by atoms with Gasteiger partial charge in [-0.05, 0) is 49.7 Å². The van der Waals surface area contributed by atoms with E-state index < -0.39 is 15.8 Å². The number of rotatable bonds is 7. The quantitative estimate of drug-likeness (QED) is 0.509. The molecule has 0 amide bonds. The van der Waals surface area contributed by atoms with Crippen LogP contribution in [-0.4, -0.2) is 78.1 Å². The van der Waals surface area contributed by atoms with Crippen molar-refractivity contribution in [1.29, 1.82) is 0 Å². The van der Waals surface area contributed by atoms with Crippen LogP contribution in [0.25, 0.3) is 11.1 Å². The first kappa shape index (κ1) is 24.6. The minimum absolute atomic E-state index is 0.0158. The summed E-state index contributed by atoms with van der Waals surface area (Å²) < 4.78 is 53.5. The summed E-state index contributed by atoms with van der Waals surface area (Å²) in [7, 11) is -0.297. The van der Waals surface area contributed by atoms with Crippen LogP contribution in [0.15, 0.2) is 35.6 Å². The van der Waals surface area contributed by atoms with Crippen molar-refractivity contribution in [1.82, 2.24) is 29.4 Å². The van der Waals surface area contributed by atoms with Crippen molar-refractivity contribution in [3.8, 4) is 28.8 Å². The van der Waals surface area contributed by atoms with Gasteiger partial charge in [0.05, 0.1) is 7.11 Å². The van der Waals surface area contributed by atoms with Crippen molar-refractivity contribution in [3.63, 3.8) is 0 Å². The van der Waals surface area contributed by atoms with Crippen molar-refractivity contribution in [2.75, 3.05) is 40.3 Å². The van der Waals surface area contributed by atoms with Gasteiger partial charge in [0.1, 0.15) is 11.6 Å². The number of aromatic amines is 1. The molecule has 12 heteroatoms. The summed E-state index contributed by atoms with van der Waals surface area (Å²) in [6.07, 6.45) is 2.53. The molecule has 1 aromatic carbocycles. The summed E-state index contributed by atoms with van der Waals surface area (Å²) in [4.78, 5) is 9.03. The number of methoxy groups -OCH3 is 1. The summed E-state index contributed by atoms with van der Waals surface area (Å²) in [5.74, 6) is 0.187. The first-order valence-corrected chi connectivity index (χ1v) is 13.2. The second kappa shape index (κ2) is 9.09. The molecule has 0 saturated carbocycles. The van der Waals surface area contributed by atoms with Crippen molar-refractivity contribution < 1.29 is 22.3 Å². The van der Waals surface area contributed by atoms with Crippen LogP contribution in [0.5, 0.6) is 17.6 Å². The molecule has 0 unspecified atom stereocenters. The number of hydrogen-bond acceptors (Lipinski definition) is 8. The van der Waals surface area contributed by atoms with Gasteiger partial charge < -0.3 is 14.4 Å². The zero-order valence-electron chi connectivity index (χ0n) is 20.7. The van der Waals surface area contributed by atoms with E-state index in [0.717, 1.165) is 19.5 Å². The van der Waals surface area contributed by atoms with Crippen LogP contribution >= 0.6 is 0 Å². The fourth-order valence-corrected chi connectivity index (χ4v) is 6.45. The average Bonchev–Trinajstić information content (AvgIpc) is 3.46. The van der Waals surface area contributed by atoms with Gasteiger partial charge in [0.25, 0.3) is 15.2 Å². The number of nitrogens with one attached hydrogen (secondary N) is 1. The maximum Gasteiger partial charge on any atom is 0.320 e. The number of H-pyrrole nitrogens is 1. The Balaban J connectivity index is 1.45. The number of aromatic nitrogens is 4. The molecule has 5 rings (SSSR count). The van der Waals surface area contributed by atoms with Crippen molar-refractivity contribution >= 4 is 10.0 Å². The third kappa shape index (κ3) is 4.44. The SMILES string of the molecule is COc1cc(-c2cc(F)cc(C(C)C)c2Oc2nnc(S(=O)(=O)N3CC4(CCN(C)C4)C3)[nH]2)ccn1. The zero-order chi connectivity index (χ0) is 25.7. The Kier molecular flexibility index (Phi) is 6.21. The second-order valence-corrected chi connectivity index (χ2v) is 11.8. The maximum atomic E-state index is 14.6. The first-order valence-electron chi connectivity index (χ1n) is 11.7. The van der Waals surface area contributed by atoms with Gasteiger partial charge >= 0.3 is 6.01 Å². The van der Waals surface area contributed by atoms with Gasteiger partial charge in [0, 0.05) is 48.4 Å². The zero-order valence-corrected chi connectivity index (χ0v) is 21.5. The molecule has 2 aliphatic rings. The number of benzene rings is 1. The molecular formula is C24H29FN6O4S. The van der Waals surface area contributed by atoms with E-state index in [1.54, 1.807) is 18.3 Å². The molecule has 1 spiro atoms. The molecule has 0 atom stereocenters. The summed E-state index contributed by atoms with van der Waals surface area (Å²) in [6, 6.07) is 6.03. The molecule has 0 bridgehead atoms. The van der Waals surface area contributed by atoms with E-state index in [1.165, 1.54) is 23.5 Å². The molecule has 0 aliphatic carbocycles. The number of nitrogens with zero attached hydrogens (tertiary/aromatic N) is 5. The number of sulfonamides is 1. The molecule has 2 fully saturated rings. The fourth-order valence-electron chi connectivity index (χ4n) is 4.96. The Morgan fingerprint density at radius 2 is 1.94 bits per heavy atom. The molecule has 2 saturated heterocycles. The van der Waals surface area contributed by atoms with Crippen molar-refractivity contribution in [3.05, 3.63) is 41.8 Å². The standard InChI is InChI=1S/C24H29FN6O4S/c1-15(2)18-10-17(25)11-19(16-5-7-26-20(9-16)34-4)21(18)35-22-27-23(29-28-22)36(32,33)31-13-24(14-31)6-8-30(3)12-24/h5,7,9-11,15H,6,8,12-14H2,1-4H3,(H,27,28,29). The summed E-state index contributed by atoms with van der Waals surface area (Å²) in [5.41, 5.74) is 1.69. The van der Waals surface area contributed by atoms with Crippen LogP contribution < -0.4 is 9.47 Å². The van der Waals surface area contributed by atoms with E-state index in [4.69, 9.17) is 9.47 Å². The highest BCUT2D eigenvalue weighted by atomic mass is 32.2. The monoisotopic (exact) mass is 516 g/mol. The van der Waals surface area contributed by atoms with Gasteiger partial charge in [-0.25, -0.2) is 17.8 Å². The van der Waals surface area contributed by atoms with Crippen molar-refractivity contribution in [2.24, 2.45) is 5.41 Å². The lowest BCUT2D eigenvalue weighted by molar-refractivity contribution is 0.0807. The van der Waals surface area contributed by atoms with Gasteiger partial charge in [0.15, 0.2) is 0 Å². The molecule has 2 aromatic heterocycles. The number of ether oxygens (including phenoxy) is 2. The van der Waals surface area contributed by atoms with Crippen molar-refractivity contribution in [2.45, 2.75) is 31.3 Å². The van der Waals surface area contributed by atoms with E-state index in [9.17, 15) is 12.8 Å². The van der Waals surface area contributed by atoms with Crippen LogP contribution in [0, 0.1) is 11.2 Å². The minimum atomic E-state index is -3.84. The summed E-state index contributed by atoms with van der Waals surface area (Å²) in [5, 5.41) is 7.52. The molecule has 2 aliphatic heterocycles. The highest BCUT2D eigenvalue weighted by molar-refractivity contribution is 7.89. The lowest BCUT2D eigenvalue weighted by Crippen LogP contribution is -2.59. The van der Waals surface area contributed by atoms with E-state index >= 15 is 0 Å². The number of halogens is 1. The fraction of sp³-hybridized carbons (Fsp3) is 0.458. The maximum absolute atomic E-state index is 14.6. The van der Waals surface area contributed by atoms with Gasteiger partial charge in [0.2, 0.25) is 5.88 Å². The highest BCUT2D eigenvalue weighted by Gasteiger charge is 2.51. The van der Waals surface area contributed by atoms with Crippen LogP contribution in [0.4, 0.5) is 4.39 Å². The highest BCUT2D eigenvalue weighted by Crippen LogP contribution is 2.42. The van der Waals surface area contributed by atoms with Crippen LogP contribution in [-0.2, 0) is 10.0 Å². The van der Waals surface area contributed by atoms with Gasteiger partial charge in [-0.15, -0.1) is 5.10 Å². The van der Waals surface area contributed by atoms with Gasteiger partial charge in [-0.1, -0.05) is 18.9 Å². The Morgan fingerprint density at radius 3 is 2.61 bits per heavy atom. The Hall–Kier alpha value is -3.09. The normalized spacial score (nSPS) is 18.1. The van der Waals surface area contributed by atoms with Gasteiger partial charge in [-0.3, -0.25) is 4.98 Å². The molecule has 4 heterocycles. The largest absolute Gasteiger partial charge is 0.481 e. The Bertz CT molecular complexity index is 1390. The summed E-state index contributed by atoms with van der Waals surface area (Å²) >= 11 is 0. The molecule has 10 nitrogen and oxygen atoms in total. The predicted molar refractivity (Wildman–Crippen MR) is 130 cm³/mol. The second-order valence-electron chi connectivity index (χ2n) is 9.91. The lowest BCUT2D eigenvalue weighted by atomic mass is 9.81. The van der Waals surface area contributed by atoms with E-state index in [1.807, 2.05) is 20.9 Å². The smallest absolute Gasteiger partial charge is 0.320 e. The van der Waals surface area contributed by atoms with E-state index in [-0.39, 0.29) is 22.5 Å². The summed E-state index contributed by atoms with van der Waals surface area (Å²) in [6.45, 7) is 6.59. The third-order valence-electron chi connectivity index (χ3n) is 6.84. The topological polar surface area (TPSA) is 114 Å². The molecule has 36 heavy (non-hydrogen) atoms. The van der Waals surface area contributed by atoms with Gasteiger partial charge in [-0.2, -0.15) is 4.31 Å². The van der Waals surface area contributed by atoms with E-state index in [2.05, 4.69) is 25.1 Å². The average molecular weight is 517 g/mol. The van der Waals surface area contributed by atoms with Crippen LogP contribution in [0.1, 0.15) is 31.7 Å². The number of hydrogen-bond donors (Lipinski definition) is 1. The molecule has 3 aromatic rings. The minimum Gasteiger partial charge on any atom is -0.481 e. The molecule has 192 valence electrons. The Labute approximate surface area is 209 Å². The van der Waals surface area contributed by atoms with Crippen LogP contribution in [0.3, 0.4) is 0 Å². The Morgan fingerprint density at radius 1 is 1.17 bits per heavy atom. The molecule has 1 N–H and O–H groups in total. The van der Waals surface area contributed by atoms with E-state index in [0.29, 0.717) is 41.4 Å². The van der Waals surface area contributed by atoms with Crippen LogP contribution in [0.2, 0.25) is 0 Å². The number of likely N-dealkylation sites (tertiary alicyclic amines) is 1. The predicted octanol–water partition coefficient (Wildman–Crippen LogP) is 3.26. The third-order valence-corrected chi connectivity index (χ3v) is 8.45. The first-order chi connectivity index (χ1) is 17.1.